The molecule has 3 atom stereocenters. The number of rotatable bonds is 6. The Labute approximate surface area is 138 Å². The highest BCUT2D eigenvalue weighted by molar-refractivity contribution is 7.84. The molecule has 0 aliphatic carbocycles. The van der Waals surface area contributed by atoms with Gasteiger partial charge in [0, 0.05) is 41.0 Å². The highest BCUT2D eigenvalue weighted by Gasteiger charge is 2.30. The van der Waals surface area contributed by atoms with E-state index in [4.69, 9.17) is 16.3 Å². The minimum Gasteiger partial charge on any atom is -0.371 e. The Kier molecular flexibility index (Phi) is 6.67. The van der Waals surface area contributed by atoms with Gasteiger partial charge in [0.25, 0.3) is 0 Å². The van der Waals surface area contributed by atoms with Gasteiger partial charge in [-0.1, -0.05) is 23.7 Å². The highest BCUT2D eigenvalue weighted by atomic mass is 35.5. The standard InChI is InChI=1S/C15H21ClN2O3S/c1-22(20)10-2-8-17-15(19)18-13-7-9-21-14(13)11-3-5-12(16)6-4-11/h3-6,13-14H,2,7-10H2,1H3,(H2,17,18,19)/t13-,14+,22+/m1/s1. The third-order valence-corrected chi connectivity index (χ3v) is 4.62. The second-order valence-electron chi connectivity index (χ2n) is 5.27. The Morgan fingerprint density at radius 1 is 1.41 bits per heavy atom. The predicted octanol–water partition coefficient (Wildman–Crippen LogP) is 2.24. The third kappa shape index (κ3) is 5.26. The molecule has 1 heterocycles. The summed E-state index contributed by atoms with van der Waals surface area (Å²) < 4.78 is 16.7. The van der Waals surface area contributed by atoms with Crippen molar-refractivity contribution in [3.05, 3.63) is 34.9 Å². The van der Waals surface area contributed by atoms with Gasteiger partial charge in [-0.05, 0) is 30.5 Å². The lowest BCUT2D eigenvalue weighted by molar-refractivity contribution is 0.0999. The average molecular weight is 345 g/mol. The van der Waals surface area contributed by atoms with Gasteiger partial charge in [-0.15, -0.1) is 0 Å². The van der Waals surface area contributed by atoms with E-state index < -0.39 is 10.8 Å². The molecule has 0 unspecified atom stereocenters. The quantitative estimate of drug-likeness (QED) is 0.778. The maximum Gasteiger partial charge on any atom is 0.315 e. The Hall–Kier alpha value is -1.11. The largest absolute Gasteiger partial charge is 0.371 e. The highest BCUT2D eigenvalue weighted by Crippen LogP contribution is 2.29. The van der Waals surface area contributed by atoms with Crippen LogP contribution >= 0.6 is 11.6 Å². The molecule has 1 aliphatic rings. The maximum absolute atomic E-state index is 11.9. The van der Waals surface area contributed by atoms with Crippen LogP contribution in [0.5, 0.6) is 0 Å². The van der Waals surface area contributed by atoms with Crippen LogP contribution in [0.2, 0.25) is 5.02 Å². The van der Waals surface area contributed by atoms with Crippen molar-refractivity contribution < 1.29 is 13.7 Å². The van der Waals surface area contributed by atoms with Crippen molar-refractivity contribution in [2.24, 2.45) is 0 Å². The molecule has 0 bridgehead atoms. The van der Waals surface area contributed by atoms with E-state index in [0.29, 0.717) is 30.3 Å². The lowest BCUT2D eigenvalue weighted by Crippen LogP contribution is -2.43. The Morgan fingerprint density at radius 3 is 2.82 bits per heavy atom. The van der Waals surface area contributed by atoms with Gasteiger partial charge in [-0.3, -0.25) is 4.21 Å². The van der Waals surface area contributed by atoms with Crippen molar-refractivity contribution in [2.75, 3.05) is 25.2 Å². The van der Waals surface area contributed by atoms with E-state index in [0.717, 1.165) is 12.0 Å². The molecule has 0 spiro atoms. The van der Waals surface area contributed by atoms with E-state index in [1.165, 1.54) is 0 Å². The summed E-state index contributed by atoms with van der Waals surface area (Å²) in [6.07, 6.45) is 3.00. The molecule has 122 valence electrons. The molecule has 2 N–H and O–H groups in total. The van der Waals surface area contributed by atoms with Crippen LogP contribution in [0.1, 0.15) is 24.5 Å². The smallest absolute Gasteiger partial charge is 0.315 e. The second-order valence-corrected chi connectivity index (χ2v) is 7.26. The summed E-state index contributed by atoms with van der Waals surface area (Å²) in [5, 5.41) is 6.41. The first-order valence-electron chi connectivity index (χ1n) is 7.27. The van der Waals surface area contributed by atoms with Crippen LogP contribution < -0.4 is 10.6 Å². The van der Waals surface area contributed by atoms with E-state index >= 15 is 0 Å². The summed E-state index contributed by atoms with van der Waals surface area (Å²) in [5.41, 5.74) is 1.01. The fourth-order valence-electron chi connectivity index (χ4n) is 2.42. The molecule has 1 saturated heterocycles. The number of hydrogen-bond donors (Lipinski definition) is 2. The first kappa shape index (κ1) is 17.2. The SMILES string of the molecule is C[S@](=O)CCCNC(=O)N[C@@H]1CCO[C@H]1c1ccc(Cl)cc1. The van der Waals surface area contributed by atoms with E-state index in [2.05, 4.69) is 10.6 Å². The van der Waals surface area contributed by atoms with Gasteiger partial charge in [0.05, 0.1) is 6.04 Å². The van der Waals surface area contributed by atoms with Crippen LogP contribution in [-0.4, -0.2) is 41.4 Å². The number of hydrogen-bond acceptors (Lipinski definition) is 3. The summed E-state index contributed by atoms with van der Waals surface area (Å²) >= 11 is 5.89. The average Bonchev–Trinajstić information content (AvgIpc) is 2.92. The predicted molar refractivity (Wildman–Crippen MR) is 88.6 cm³/mol. The molecular formula is C15H21ClN2O3S. The maximum atomic E-state index is 11.9. The van der Waals surface area contributed by atoms with Crippen LogP contribution in [0.25, 0.3) is 0 Å². The number of benzene rings is 1. The minimum atomic E-state index is -0.819. The zero-order valence-electron chi connectivity index (χ0n) is 12.5. The van der Waals surface area contributed by atoms with Gasteiger partial charge in [-0.25, -0.2) is 4.79 Å². The Morgan fingerprint density at radius 2 is 2.14 bits per heavy atom. The summed E-state index contributed by atoms with van der Waals surface area (Å²) in [4.78, 5) is 11.9. The van der Waals surface area contributed by atoms with Gasteiger partial charge < -0.3 is 15.4 Å². The monoisotopic (exact) mass is 344 g/mol. The number of carbonyl (C=O) groups is 1. The van der Waals surface area contributed by atoms with Crippen LogP contribution in [0, 0.1) is 0 Å². The van der Waals surface area contributed by atoms with Gasteiger partial charge in [0.1, 0.15) is 6.10 Å². The fourth-order valence-corrected chi connectivity index (χ4v) is 3.09. The summed E-state index contributed by atoms with van der Waals surface area (Å²) in [7, 11) is -0.819. The molecule has 1 aliphatic heterocycles. The molecule has 2 rings (SSSR count). The number of carbonyl (C=O) groups excluding carboxylic acids is 1. The van der Waals surface area contributed by atoms with Gasteiger partial charge in [-0.2, -0.15) is 0 Å². The van der Waals surface area contributed by atoms with Crippen LogP contribution in [0.15, 0.2) is 24.3 Å². The fraction of sp³-hybridized carbons (Fsp3) is 0.533. The van der Waals surface area contributed by atoms with Crippen LogP contribution in [0.4, 0.5) is 4.79 Å². The molecular weight excluding hydrogens is 324 g/mol. The van der Waals surface area contributed by atoms with Gasteiger partial charge in [0.15, 0.2) is 0 Å². The van der Waals surface area contributed by atoms with Crippen LogP contribution in [0.3, 0.4) is 0 Å². The normalized spacial score (nSPS) is 22.3. The van der Waals surface area contributed by atoms with E-state index in [9.17, 15) is 9.00 Å². The third-order valence-electron chi connectivity index (χ3n) is 3.50. The lowest BCUT2D eigenvalue weighted by atomic mass is 10.0. The Balaban J connectivity index is 1.82. The van der Waals surface area contributed by atoms with Crippen molar-refractivity contribution in [2.45, 2.75) is 25.0 Å². The number of urea groups is 1. The zero-order valence-corrected chi connectivity index (χ0v) is 14.1. The molecule has 2 amide bonds. The number of nitrogens with one attached hydrogen (secondary N) is 2. The number of amides is 2. The first-order valence-corrected chi connectivity index (χ1v) is 9.38. The molecule has 1 fully saturated rings. The topological polar surface area (TPSA) is 67.4 Å². The van der Waals surface area contributed by atoms with Crippen molar-refractivity contribution in [3.63, 3.8) is 0 Å². The summed E-state index contributed by atoms with van der Waals surface area (Å²) in [6, 6.07) is 7.21. The summed E-state index contributed by atoms with van der Waals surface area (Å²) in [5.74, 6) is 0.597. The lowest BCUT2D eigenvalue weighted by Gasteiger charge is -2.20. The van der Waals surface area contributed by atoms with Crippen molar-refractivity contribution in [3.8, 4) is 0 Å². The first-order chi connectivity index (χ1) is 10.6. The molecule has 7 heteroatoms. The molecule has 0 aromatic heterocycles. The van der Waals surface area contributed by atoms with Crippen molar-refractivity contribution in [1.29, 1.82) is 0 Å². The molecule has 0 radical (unpaired) electrons. The summed E-state index contributed by atoms with van der Waals surface area (Å²) in [6.45, 7) is 1.14. The van der Waals surface area contributed by atoms with Crippen molar-refractivity contribution >= 4 is 28.4 Å². The molecule has 0 saturated carbocycles. The van der Waals surface area contributed by atoms with Crippen LogP contribution in [-0.2, 0) is 15.5 Å². The second kappa shape index (κ2) is 8.50. The zero-order chi connectivity index (χ0) is 15.9. The van der Waals surface area contributed by atoms with Gasteiger partial charge >= 0.3 is 6.03 Å². The number of halogens is 1. The Bertz CT molecular complexity index is 524. The molecule has 1 aromatic carbocycles. The molecule has 1 aromatic rings. The molecule has 5 nitrogen and oxygen atoms in total. The van der Waals surface area contributed by atoms with E-state index in [-0.39, 0.29) is 18.2 Å². The van der Waals surface area contributed by atoms with Crippen molar-refractivity contribution in [1.82, 2.24) is 10.6 Å². The number of ether oxygens (including phenoxy) is 1. The van der Waals surface area contributed by atoms with Gasteiger partial charge in [0.2, 0.25) is 0 Å². The van der Waals surface area contributed by atoms with E-state index in [1.807, 2.05) is 24.3 Å². The minimum absolute atomic E-state index is 0.0542. The molecule has 22 heavy (non-hydrogen) atoms. The van der Waals surface area contributed by atoms with E-state index in [1.54, 1.807) is 6.26 Å².